The number of fused-ring (bicyclic) bond motifs is 1. The number of anilines is 2. The van der Waals surface area contributed by atoms with E-state index < -0.39 is 0 Å². The van der Waals surface area contributed by atoms with Gasteiger partial charge in [-0.3, -0.25) is 9.55 Å². The summed E-state index contributed by atoms with van der Waals surface area (Å²) in [7, 11) is 0. The molecule has 0 atom stereocenters. The van der Waals surface area contributed by atoms with Crippen LogP contribution in [0.15, 0.2) is 49.1 Å². The first-order chi connectivity index (χ1) is 12.6. The lowest BCUT2D eigenvalue weighted by Crippen LogP contribution is -2.13. The molecular weight excluding hydrogens is 326 g/mol. The summed E-state index contributed by atoms with van der Waals surface area (Å²) in [6, 6.07) is 9.63. The molecule has 2 aromatic rings. The number of nitrogens with two attached hydrogens (primary N) is 2. The zero-order chi connectivity index (χ0) is 18.1. The Labute approximate surface area is 150 Å². The van der Waals surface area contributed by atoms with E-state index in [1.807, 2.05) is 37.3 Å². The summed E-state index contributed by atoms with van der Waals surface area (Å²) in [6.45, 7) is 1.98. The van der Waals surface area contributed by atoms with Gasteiger partial charge in [0.25, 0.3) is 0 Å². The SMILES string of the molecule is Cc1cc(C#Cc2cccnc2)ccc1-n1c(N)nc(N)c2ncnc1-2. The smallest absolute Gasteiger partial charge is 0.208 e. The van der Waals surface area contributed by atoms with E-state index >= 15 is 0 Å². The minimum Gasteiger partial charge on any atom is -0.382 e. The van der Waals surface area contributed by atoms with Gasteiger partial charge in [0.1, 0.15) is 6.33 Å². The van der Waals surface area contributed by atoms with Gasteiger partial charge in [-0.1, -0.05) is 11.8 Å². The average molecular weight is 341 g/mol. The van der Waals surface area contributed by atoms with Crippen molar-refractivity contribution in [2.75, 3.05) is 11.5 Å². The van der Waals surface area contributed by atoms with Crippen molar-refractivity contribution in [1.82, 2.24) is 24.5 Å². The molecule has 0 saturated carbocycles. The van der Waals surface area contributed by atoms with Crippen LogP contribution in [0.1, 0.15) is 16.7 Å². The van der Waals surface area contributed by atoms with Crippen LogP contribution in [0.25, 0.3) is 17.2 Å². The van der Waals surface area contributed by atoms with Crippen LogP contribution in [-0.2, 0) is 0 Å². The van der Waals surface area contributed by atoms with Crippen molar-refractivity contribution >= 4 is 11.8 Å². The van der Waals surface area contributed by atoms with Crippen LogP contribution in [-0.4, -0.2) is 24.5 Å². The molecule has 126 valence electrons. The Morgan fingerprint density at radius 2 is 1.88 bits per heavy atom. The number of pyridine rings is 1. The Bertz CT molecular complexity index is 1120. The molecule has 0 saturated heterocycles. The molecule has 4 N–H and O–H groups in total. The zero-order valence-corrected chi connectivity index (χ0v) is 14.0. The van der Waals surface area contributed by atoms with Crippen LogP contribution in [0.5, 0.6) is 0 Å². The Kier molecular flexibility index (Phi) is 3.71. The molecule has 4 rings (SSSR count). The molecule has 7 heteroatoms. The van der Waals surface area contributed by atoms with E-state index in [1.54, 1.807) is 17.0 Å². The van der Waals surface area contributed by atoms with E-state index in [4.69, 9.17) is 11.5 Å². The molecule has 26 heavy (non-hydrogen) atoms. The largest absolute Gasteiger partial charge is 0.382 e. The van der Waals surface area contributed by atoms with Gasteiger partial charge in [-0.25, -0.2) is 9.97 Å². The van der Waals surface area contributed by atoms with E-state index in [-0.39, 0.29) is 11.8 Å². The Morgan fingerprint density at radius 1 is 1.04 bits per heavy atom. The van der Waals surface area contributed by atoms with E-state index in [9.17, 15) is 0 Å². The van der Waals surface area contributed by atoms with Gasteiger partial charge in [-0.2, -0.15) is 4.98 Å². The molecule has 0 spiro atoms. The molecule has 0 unspecified atom stereocenters. The summed E-state index contributed by atoms with van der Waals surface area (Å²) in [5.41, 5.74) is 16.1. The van der Waals surface area contributed by atoms with Crippen molar-refractivity contribution < 1.29 is 0 Å². The highest BCUT2D eigenvalue weighted by Crippen LogP contribution is 2.29. The van der Waals surface area contributed by atoms with E-state index in [0.29, 0.717) is 11.5 Å². The Hall–Kier alpha value is -3.92. The van der Waals surface area contributed by atoms with Crippen molar-refractivity contribution in [3.8, 4) is 29.0 Å². The second-order valence-corrected chi connectivity index (χ2v) is 5.73. The molecule has 2 aliphatic heterocycles. The average Bonchev–Trinajstić information content (AvgIpc) is 3.12. The molecule has 1 aromatic carbocycles. The Balaban J connectivity index is 1.77. The maximum Gasteiger partial charge on any atom is 0.208 e. The lowest BCUT2D eigenvalue weighted by atomic mass is 10.1. The van der Waals surface area contributed by atoms with Crippen molar-refractivity contribution in [3.05, 3.63) is 65.7 Å². The van der Waals surface area contributed by atoms with Gasteiger partial charge in [0.15, 0.2) is 17.3 Å². The minimum atomic E-state index is 0.257. The number of nitrogens with zero attached hydrogens (tertiary/aromatic N) is 5. The molecule has 0 bridgehead atoms. The van der Waals surface area contributed by atoms with Crippen LogP contribution >= 0.6 is 0 Å². The molecule has 0 aliphatic carbocycles. The Morgan fingerprint density at radius 3 is 2.65 bits per heavy atom. The molecule has 0 radical (unpaired) electrons. The summed E-state index contributed by atoms with van der Waals surface area (Å²) < 4.78 is 1.74. The van der Waals surface area contributed by atoms with Gasteiger partial charge in [0.05, 0.1) is 5.69 Å². The second-order valence-electron chi connectivity index (χ2n) is 5.73. The topological polar surface area (TPSA) is 109 Å². The molecular formula is C19H15N7. The maximum absolute atomic E-state index is 6.09. The lowest BCUT2D eigenvalue weighted by Gasteiger charge is -2.16. The van der Waals surface area contributed by atoms with Gasteiger partial charge >= 0.3 is 0 Å². The van der Waals surface area contributed by atoms with Gasteiger partial charge in [0.2, 0.25) is 5.95 Å². The fourth-order valence-electron chi connectivity index (χ4n) is 2.74. The second kappa shape index (κ2) is 6.18. The highest BCUT2D eigenvalue weighted by molar-refractivity contribution is 5.70. The zero-order valence-electron chi connectivity index (χ0n) is 14.0. The lowest BCUT2D eigenvalue weighted by molar-refractivity contribution is 0.974. The number of hydrogen-bond donors (Lipinski definition) is 2. The molecule has 0 amide bonds. The van der Waals surface area contributed by atoms with Crippen molar-refractivity contribution in [1.29, 1.82) is 0 Å². The summed E-state index contributed by atoms with van der Waals surface area (Å²) in [6.07, 6.45) is 4.90. The van der Waals surface area contributed by atoms with Gasteiger partial charge < -0.3 is 11.5 Å². The van der Waals surface area contributed by atoms with Crippen LogP contribution in [0.4, 0.5) is 11.8 Å². The fourth-order valence-corrected chi connectivity index (χ4v) is 2.74. The van der Waals surface area contributed by atoms with Crippen molar-refractivity contribution in [2.45, 2.75) is 6.92 Å². The molecule has 0 fully saturated rings. The molecule has 1 aromatic heterocycles. The number of benzene rings is 1. The highest BCUT2D eigenvalue weighted by atomic mass is 15.2. The van der Waals surface area contributed by atoms with Crippen LogP contribution < -0.4 is 11.5 Å². The highest BCUT2D eigenvalue weighted by Gasteiger charge is 2.20. The molecule has 7 nitrogen and oxygen atoms in total. The van der Waals surface area contributed by atoms with E-state index in [0.717, 1.165) is 22.4 Å². The van der Waals surface area contributed by atoms with Crippen molar-refractivity contribution in [3.63, 3.8) is 0 Å². The van der Waals surface area contributed by atoms with Gasteiger partial charge in [-0.15, -0.1) is 0 Å². The summed E-state index contributed by atoms with van der Waals surface area (Å²) in [5, 5.41) is 0. The number of imidazole rings is 1. The summed E-state index contributed by atoms with van der Waals surface area (Å²) in [4.78, 5) is 16.7. The molecule has 2 aliphatic rings. The third kappa shape index (κ3) is 2.70. The first-order valence-electron chi connectivity index (χ1n) is 7.91. The normalized spacial score (nSPS) is 10.5. The quantitative estimate of drug-likeness (QED) is 0.513. The summed E-state index contributed by atoms with van der Waals surface area (Å²) in [5.74, 6) is 7.34. The monoisotopic (exact) mass is 341 g/mol. The predicted molar refractivity (Wildman–Crippen MR) is 99.6 cm³/mol. The van der Waals surface area contributed by atoms with Gasteiger partial charge in [-0.05, 0) is 42.8 Å². The van der Waals surface area contributed by atoms with Crippen LogP contribution in [0.2, 0.25) is 0 Å². The summed E-state index contributed by atoms with van der Waals surface area (Å²) >= 11 is 0. The van der Waals surface area contributed by atoms with Crippen molar-refractivity contribution in [2.24, 2.45) is 0 Å². The van der Waals surface area contributed by atoms with Crippen LogP contribution in [0.3, 0.4) is 0 Å². The van der Waals surface area contributed by atoms with E-state index in [2.05, 4.69) is 31.8 Å². The fraction of sp³-hybridized carbons (Fsp3) is 0.0526. The van der Waals surface area contributed by atoms with Gasteiger partial charge in [0, 0.05) is 23.5 Å². The number of rotatable bonds is 1. The van der Waals surface area contributed by atoms with E-state index in [1.165, 1.54) is 6.33 Å². The molecule has 3 heterocycles. The third-order valence-corrected chi connectivity index (χ3v) is 3.95. The first-order valence-corrected chi connectivity index (χ1v) is 7.91. The van der Waals surface area contributed by atoms with Crippen LogP contribution in [0, 0.1) is 18.8 Å². The standard InChI is InChI=1S/C19H15N7/c1-12-9-13(4-5-14-3-2-8-22-10-14)6-7-15(12)26-18-16(23-11-24-18)17(20)25-19(26)21/h2-3,6-11H,20H2,1H3,(H2,21,25). The third-order valence-electron chi connectivity index (χ3n) is 3.95. The number of aryl methyl sites for hydroxylation is 1. The number of nitrogen functional groups attached to an aromatic ring is 2. The number of aromatic nitrogens is 5. The number of hydrogen-bond acceptors (Lipinski definition) is 6. The minimum absolute atomic E-state index is 0.257. The first kappa shape index (κ1) is 15.6. The maximum atomic E-state index is 6.09. The predicted octanol–water partition coefficient (Wildman–Crippen LogP) is 2.03.